The van der Waals surface area contributed by atoms with Crippen LogP contribution in [0.15, 0.2) is 47.5 Å². The van der Waals surface area contributed by atoms with E-state index in [9.17, 15) is 19.5 Å². The number of benzene rings is 2. The summed E-state index contributed by atoms with van der Waals surface area (Å²) in [5.41, 5.74) is 4.37. The molecule has 1 fully saturated rings. The molecule has 2 aliphatic rings. The average Bonchev–Trinajstić information content (AvgIpc) is 2.90. The van der Waals surface area contributed by atoms with Gasteiger partial charge in [0.05, 0.1) is 11.8 Å². The molecule has 0 bridgehead atoms. The number of fused-ring (bicyclic) bond motifs is 1. The summed E-state index contributed by atoms with van der Waals surface area (Å²) in [6.45, 7) is 6.30. The lowest BCUT2D eigenvalue weighted by atomic mass is 10.0. The summed E-state index contributed by atoms with van der Waals surface area (Å²) in [5, 5.41) is 15.2. The largest absolute Gasteiger partial charge is 0.393 e. The average molecular weight is 478 g/mol. The lowest BCUT2D eigenvalue weighted by molar-refractivity contribution is -0.133. The lowest BCUT2D eigenvalue weighted by Crippen LogP contribution is -2.52. The van der Waals surface area contributed by atoms with Crippen molar-refractivity contribution in [3.8, 4) is 0 Å². The highest BCUT2D eigenvalue weighted by Gasteiger charge is 2.35. The number of piperidine rings is 1. The monoisotopic (exact) mass is 477 g/mol. The van der Waals surface area contributed by atoms with E-state index in [2.05, 4.69) is 15.6 Å². The number of nitrogens with zero attached hydrogens (tertiary/aromatic N) is 3. The summed E-state index contributed by atoms with van der Waals surface area (Å²) in [4.78, 5) is 47.2. The Morgan fingerprint density at radius 2 is 1.80 bits per heavy atom. The Morgan fingerprint density at radius 1 is 1.09 bits per heavy atom. The molecule has 35 heavy (non-hydrogen) atoms. The Bertz CT molecular complexity index is 1170. The van der Waals surface area contributed by atoms with Crippen LogP contribution in [0.1, 0.15) is 36.5 Å². The Morgan fingerprint density at radius 3 is 2.51 bits per heavy atom. The molecule has 3 N–H and O–H groups in total. The van der Waals surface area contributed by atoms with Crippen LogP contribution in [0.3, 0.4) is 0 Å². The zero-order chi connectivity index (χ0) is 25.1. The van der Waals surface area contributed by atoms with Crippen molar-refractivity contribution in [1.29, 1.82) is 0 Å². The van der Waals surface area contributed by atoms with Crippen molar-refractivity contribution in [2.45, 2.75) is 45.9 Å². The Labute approximate surface area is 204 Å². The second-order valence-corrected chi connectivity index (χ2v) is 9.09. The first-order chi connectivity index (χ1) is 16.7. The van der Waals surface area contributed by atoms with Gasteiger partial charge in [-0.25, -0.2) is 4.79 Å². The molecule has 0 unspecified atom stereocenters. The van der Waals surface area contributed by atoms with Gasteiger partial charge in [-0.3, -0.25) is 19.5 Å². The summed E-state index contributed by atoms with van der Waals surface area (Å²) in [6.07, 6.45) is -0.567. The molecule has 9 nitrogen and oxygen atoms in total. The van der Waals surface area contributed by atoms with Gasteiger partial charge in [-0.15, -0.1) is 0 Å². The smallest absolute Gasteiger partial charge is 0.321 e. The first-order valence-corrected chi connectivity index (χ1v) is 11.8. The number of para-hydroxylation sites is 1. The first-order valence-electron chi connectivity index (χ1n) is 11.8. The fourth-order valence-corrected chi connectivity index (χ4v) is 4.50. The number of anilines is 2. The van der Waals surface area contributed by atoms with Crippen molar-refractivity contribution < 1.29 is 19.5 Å². The normalized spacial score (nSPS) is 18.5. The van der Waals surface area contributed by atoms with Crippen LogP contribution in [-0.2, 0) is 9.59 Å². The van der Waals surface area contributed by atoms with E-state index in [0.717, 1.165) is 16.7 Å². The topological polar surface area (TPSA) is 114 Å². The minimum atomic E-state index is -1.19. The molecule has 4 amide bonds. The minimum absolute atomic E-state index is 0.173. The van der Waals surface area contributed by atoms with E-state index in [4.69, 9.17) is 0 Å². The molecule has 0 spiro atoms. The van der Waals surface area contributed by atoms with Crippen molar-refractivity contribution >= 4 is 34.9 Å². The lowest BCUT2D eigenvalue weighted by Gasteiger charge is -2.33. The predicted octanol–water partition coefficient (Wildman–Crippen LogP) is 2.59. The quantitative estimate of drug-likeness (QED) is 0.628. The molecular weight excluding hydrogens is 446 g/mol. The Balaban J connectivity index is 1.59. The molecule has 9 heteroatoms. The summed E-state index contributed by atoms with van der Waals surface area (Å²) in [6, 6.07) is 12.4. The second kappa shape index (κ2) is 10.3. The second-order valence-electron chi connectivity index (χ2n) is 9.09. The fourth-order valence-electron chi connectivity index (χ4n) is 4.50. The number of urea groups is 1. The third kappa shape index (κ3) is 5.51. The van der Waals surface area contributed by atoms with Crippen molar-refractivity contribution in [3.63, 3.8) is 0 Å². The van der Waals surface area contributed by atoms with E-state index < -0.39 is 24.2 Å². The molecule has 2 aromatic carbocycles. The number of likely N-dealkylation sites (tertiary alicyclic amines) is 1. The van der Waals surface area contributed by atoms with Gasteiger partial charge in [0.1, 0.15) is 6.54 Å². The number of nitrogens with one attached hydrogen (secondary N) is 2. The molecule has 0 aliphatic carbocycles. The van der Waals surface area contributed by atoms with Gasteiger partial charge in [0.25, 0.3) is 5.91 Å². The number of aliphatic imine (C=N–C) groups is 1. The molecule has 184 valence electrons. The maximum atomic E-state index is 13.7. The van der Waals surface area contributed by atoms with E-state index >= 15 is 0 Å². The number of amides is 4. The van der Waals surface area contributed by atoms with Gasteiger partial charge in [-0.2, -0.15) is 0 Å². The molecule has 2 aliphatic heterocycles. The molecule has 0 aromatic heterocycles. The number of rotatable bonds is 4. The predicted molar refractivity (Wildman–Crippen MR) is 135 cm³/mol. The molecule has 1 saturated heterocycles. The summed E-state index contributed by atoms with van der Waals surface area (Å²) >= 11 is 0. The highest BCUT2D eigenvalue weighted by molar-refractivity contribution is 6.14. The maximum absolute atomic E-state index is 13.7. The number of hydrogen-bond donors (Lipinski definition) is 3. The van der Waals surface area contributed by atoms with Gasteiger partial charge in [0, 0.05) is 30.1 Å². The van der Waals surface area contributed by atoms with E-state index in [1.54, 1.807) is 17.9 Å². The highest BCUT2D eigenvalue weighted by Crippen LogP contribution is 2.29. The number of aliphatic hydroxyl groups excluding tert-OH is 1. The van der Waals surface area contributed by atoms with Gasteiger partial charge in [0.2, 0.25) is 12.1 Å². The molecule has 1 atom stereocenters. The molecular formula is C26H31N5O4. The van der Waals surface area contributed by atoms with E-state index in [1.807, 2.05) is 50.2 Å². The number of benzodiazepines with no additional fused rings is 1. The number of aliphatic hydroxyl groups is 1. The zero-order valence-corrected chi connectivity index (χ0v) is 20.2. The van der Waals surface area contributed by atoms with Crippen LogP contribution >= 0.6 is 0 Å². The van der Waals surface area contributed by atoms with Gasteiger partial charge in [-0.05, 0) is 56.9 Å². The summed E-state index contributed by atoms with van der Waals surface area (Å²) in [5.74, 6) is -0.691. The molecule has 0 saturated carbocycles. The number of hydrogen-bond acceptors (Lipinski definition) is 5. The number of carbonyl (C=O) groups is 3. The van der Waals surface area contributed by atoms with Crippen LogP contribution in [0.5, 0.6) is 0 Å². The molecule has 4 rings (SSSR count). The van der Waals surface area contributed by atoms with E-state index in [1.165, 1.54) is 4.90 Å². The first kappa shape index (κ1) is 24.4. The minimum Gasteiger partial charge on any atom is -0.393 e. The Hall–Kier alpha value is -3.72. The van der Waals surface area contributed by atoms with Gasteiger partial charge in [0.15, 0.2) is 0 Å². The van der Waals surface area contributed by atoms with Gasteiger partial charge in [-0.1, -0.05) is 30.3 Å². The van der Waals surface area contributed by atoms with Gasteiger partial charge < -0.3 is 20.6 Å². The van der Waals surface area contributed by atoms with Crippen molar-refractivity contribution in [2.75, 3.05) is 29.9 Å². The molecule has 2 heterocycles. The van der Waals surface area contributed by atoms with Crippen molar-refractivity contribution in [3.05, 3.63) is 59.2 Å². The molecule has 0 radical (unpaired) electrons. The van der Waals surface area contributed by atoms with Crippen LogP contribution in [0.4, 0.5) is 16.2 Å². The fraction of sp³-hybridized carbons (Fsp3) is 0.385. The van der Waals surface area contributed by atoms with Crippen LogP contribution in [0.25, 0.3) is 0 Å². The van der Waals surface area contributed by atoms with Crippen LogP contribution in [0.2, 0.25) is 0 Å². The van der Waals surface area contributed by atoms with Crippen LogP contribution in [-0.4, -0.2) is 65.5 Å². The van der Waals surface area contributed by atoms with E-state index in [-0.39, 0.29) is 12.5 Å². The number of carbonyl (C=O) groups excluding carboxylic acids is 3. The third-order valence-corrected chi connectivity index (χ3v) is 6.37. The molecule has 2 aromatic rings. The van der Waals surface area contributed by atoms with Crippen LogP contribution < -0.4 is 15.5 Å². The van der Waals surface area contributed by atoms with Crippen LogP contribution in [0, 0.1) is 13.8 Å². The SMILES string of the molecule is CC1=N[C@@H](NC(=O)Nc2cccc(C)c2)C(=O)N(CC(=O)N2CCC(O)CC2)c2c(C)cccc21. The third-order valence-electron chi connectivity index (χ3n) is 6.37. The standard InChI is InChI=1S/C26H31N5O4/c1-16-6-4-8-19(14-16)28-26(35)29-24-25(34)31(15-22(33)30-12-10-20(32)11-13-30)23-17(2)7-5-9-21(23)18(3)27-24/h4-9,14,20,24,32H,10-13,15H2,1-3H3,(H2,28,29,35)/t24-/m0/s1. The van der Waals surface area contributed by atoms with Crippen molar-refractivity contribution in [1.82, 2.24) is 10.2 Å². The van der Waals surface area contributed by atoms with E-state index in [0.29, 0.717) is 43.0 Å². The summed E-state index contributed by atoms with van der Waals surface area (Å²) < 4.78 is 0. The Kier molecular flexibility index (Phi) is 7.16. The van der Waals surface area contributed by atoms with Crippen molar-refractivity contribution in [2.24, 2.45) is 4.99 Å². The zero-order valence-electron chi connectivity index (χ0n) is 20.2. The van der Waals surface area contributed by atoms with Gasteiger partial charge >= 0.3 is 6.03 Å². The highest BCUT2D eigenvalue weighted by atomic mass is 16.3. The summed E-state index contributed by atoms with van der Waals surface area (Å²) in [7, 11) is 0. The maximum Gasteiger partial charge on any atom is 0.321 e. The number of aryl methyl sites for hydroxylation is 2.